The van der Waals surface area contributed by atoms with Gasteiger partial charge in [0.2, 0.25) is 0 Å². The van der Waals surface area contributed by atoms with Crippen LogP contribution in [0, 0.1) is 6.92 Å². The van der Waals surface area contributed by atoms with Gasteiger partial charge in [0, 0.05) is 6.42 Å². The van der Waals surface area contributed by atoms with Gasteiger partial charge in [-0.2, -0.15) is 0 Å². The van der Waals surface area contributed by atoms with Gasteiger partial charge in [0.05, 0.1) is 10.6 Å². The van der Waals surface area contributed by atoms with Crippen molar-refractivity contribution in [1.29, 1.82) is 0 Å². The minimum atomic E-state index is -0.793. The Morgan fingerprint density at radius 2 is 2.25 bits per heavy atom. The minimum Gasteiger partial charge on any atom is -0.490 e. The highest BCUT2D eigenvalue weighted by Crippen LogP contribution is 2.27. The SMILES string of the molecule is Cc1ccc(OC(C)CCC(=O)O)c(Br)c1. The van der Waals surface area contributed by atoms with Crippen molar-refractivity contribution in [3.63, 3.8) is 0 Å². The predicted molar refractivity (Wildman–Crippen MR) is 65.8 cm³/mol. The van der Waals surface area contributed by atoms with E-state index in [4.69, 9.17) is 9.84 Å². The van der Waals surface area contributed by atoms with Crippen molar-refractivity contribution in [3.8, 4) is 5.75 Å². The summed E-state index contributed by atoms with van der Waals surface area (Å²) in [5.41, 5.74) is 1.15. The highest BCUT2D eigenvalue weighted by molar-refractivity contribution is 9.10. The fourth-order valence-electron chi connectivity index (χ4n) is 1.30. The Kier molecular flexibility index (Phi) is 4.80. The molecule has 0 amide bonds. The Bertz CT molecular complexity index is 377. The van der Waals surface area contributed by atoms with Gasteiger partial charge in [-0.15, -0.1) is 0 Å². The number of hydrogen-bond acceptors (Lipinski definition) is 2. The van der Waals surface area contributed by atoms with Crippen LogP contribution in [0.15, 0.2) is 22.7 Å². The maximum absolute atomic E-state index is 10.4. The normalized spacial score (nSPS) is 12.2. The number of benzene rings is 1. The predicted octanol–water partition coefficient (Wildman–Crippen LogP) is 3.39. The first-order chi connectivity index (χ1) is 7.49. The van der Waals surface area contributed by atoms with Gasteiger partial charge < -0.3 is 9.84 Å². The van der Waals surface area contributed by atoms with Crippen molar-refractivity contribution >= 4 is 21.9 Å². The summed E-state index contributed by atoms with van der Waals surface area (Å²) in [6, 6.07) is 5.82. The van der Waals surface area contributed by atoms with Crippen LogP contribution < -0.4 is 4.74 Å². The van der Waals surface area contributed by atoms with Gasteiger partial charge in [0.25, 0.3) is 0 Å². The number of halogens is 1. The quantitative estimate of drug-likeness (QED) is 0.903. The van der Waals surface area contributed by atoms with E-state index in [1.54, 1.807) is 0 Å². The second-order valence-corrected chi connectivity index (χ2v) is 4.65. The van der Waals surface area contributed by atoms with E-state index in [1.165, 1.54) is 0 Å². The summed E-state index contributed by atoms with van der Waals surface area (Å²) in [5.74, 6) is -0.0399. The summed E-state index contributed by atoms with van der Waals surface area (Å²) in [4.78, 5) is 10.4. The molecule has 0 aliphatic heterocycles. The Morgan fingerprint density at radius 3 is 2.81 bits per heavy atom. The summed E-state index contributed by atoms with van der Waals surface area (Å²) in [5, 5.41) is 8.55. The molecule has 88 valence electrons. The number of carboxylic acid groups (broad SMARTS) is 1. The lowest BCUT2D eigenvalue weighted by Crippen LogP contribution is -2.13. The largest absolute Gasteiger partial charge is 0.490 e. The molecule has 0 fully saturated rings. The van der Waals surface area contributed by atoms with Crippen LogP contribution in [0.5, 0.6) is 5.75 Å². The van der Waals surface area contributed by atoms with Crippen LogP contribution in [0.2, 0.25) is 0 Å². The zero-order valence-electron chi connectivity index (χ0n) is 9.37. The molecule has 1 unspecified atom stereocenters. The van der Waals surface area contributed by atoms with Crippen molar-refractivity contribution in [3.05, 3.63) is 28.2 Å². The number of hydrogen-bond donors (Lipinski definition) is 1. The Morgan fingerprint density at radius 1 is 1.56 bits per heavy atom. The smallest absolute Gasteiger partial charge is 0.303 e. The first-order valence-electron chi connectivity index (χ1n) is 5.13. The molecule has 0 spiro atoms. The number of aliphatic carboxylic acids is 1. The van der Waals surface area contributed by atoms with E-state index in [1.807, 2.05) is 32.0 Å². The second kappa shape index (κ2) is 5.89. The fraction of sp³-hybridized carbons (Fsp3) is 0.417. The molecule has 1 atom stereocenters. The molecule has 1 N–H and O–H groups in total. The van der Waals surface area contributed by atoms with Crippen LogP contribution in [0.4, 0.5) is 0 Å². The minimum absolute atomic E-state index is 0.102. The third-order valence-corrected chi connectivity index (χ3v) is 2.80. The Labute approximate surface area is 104 Å². The van der Waals surface area contributed by atoms with E-state index in [0.29, 0.717) is 6.42 Å². The second-order valence-electron chi connectivity index (χ2n) is 3.79. The molecule has 1 aromatic rings. The van der Waals surface area contributed by atoms with Crippen LogP contribution >= 0.6 is 15.9 Å². The van der Waals surface area contributed by atoms with Crippen molar-refractivity contribution in [1.82, 2.24) is 0 Å². The Hall–Kier alpha value is -1.03. The summed E-state index contributed by atoms with van der Waals surface area (Å²) < 4.78 is 6.54. The monoisotopic (exact) mass is 286 g/mol. The van der Waals surface area contributed by atoms with Gasteiger partial charge in [-0.1, -0.05) is 6.07 Å². The molecular weight excluding hydrogens is 272 g/mol. The lowest BCUT2D eigenvalue weighted by atomic mass is 10.2. The average Bonchev–Trinajstić information content (AvgIpc) is 2.19. The van der Waals surface area contributed by atoms with Crippen molar-refractivity contribution in [2.24, 2.45) is 0 Å². The van der Waals surface area contributed by atoms with E-state index in [9.17, 15) is 4.79 Å². The van der Waals surface area contributed by atoms with Crippen molar-refractivity contribution in [2.45, 2.75) is 32.8 Å². The standard InChI is InChI=1S/C12H15BrO3/c1-8-3-5-11(10(13)7-8)16-9(2)4-6-12(14)15/h3,5,7,9H,4,6H2,1-2H3,(H,14,15). The summed E-state index contributed by atoms with van der Waals surface area (Å²) in [6.45, 7) is 3.87. The van der Waals surface area contributed by atoms with Gasteiger partial charge in [-0.05, 0) is 53.9 Å². The van der Waals surface area contributed by atoms with Gasteiger partial charge in [-0.3, -0.25) is 4.79 Å². The highest BCUT2D eigenvalue weighted by Gasteiger charge is 2.09. The molecule has 0 aromatic heterocycles. The number of aryl methyl sites for hydroxylation is 1. The number of ether oxygens (including phenoxy) is 1. The molecular formula is C12H15BrO3. The Balaban J connectivity index is 2.55. The van der Waals surface area contributed by atoms with Crippen LogP contribution in [-0.4, -0.2) is 17.2 Å². The number of carbonyl (C=O) groups is 1. The topological polar surface area (TPSA) is 46.5 Å². The molecule has 0 bridgehead atoms. The van der Waals surface area contributed by atoms with E-state index in [0.717, 1.165) is 15.8 Å². The lowest BCUT2D eigenvalue weighted by Gasteiger charge is -2.15. The lowest BCUT2D eigenvalue weighted by molar-refractivity contribution is -0.137. The molecule has 0 saturated heterocycles. The maximum Gasteiger partial charge on any atom is 0.303 e. The molecule has 4 heteroatoms. The third kappa shape index (κ3) is 4.23. The third-order valence-electron chi connectivity index (χ3n) is 2.18. The number of rotatable bonds is 5. The van der Waals surface area contributed by atoms with E-state index < -0.39 is 5.97 Å². The molecule has 1 rings (SSSR count). The van der Waals surface area contributed by atoms with Crippen LogP contribution in [0.25, 0.3) is 0 Å². The van der Waals surface area contributed by atoms with Crippen LogP contribution in [0.1, 0.15) is 25.3 Å². The van der Waals surface area contributed by atoms with E-state index >= 15 is 0 Å². The average molecular weight is 287 g/mol. The van der Waals surface area contributed by atoms with Crippen molar-refractivity contribution in [2.75, 3.05) is 0 Å². The molecule has 0 aliphatic carbocycles. The molecule has 0 saturated carbocycles. The molecule has 0 aliphatic rings. The maximum atomic E-state index is 10.4. The van der Waals surface area contributed by atoms with Crippen LogP contribution in [-0.2, 0) is 4.79 Å². The fourth-order valence-corrected chi connectivity index (χ4v) is 1.89. The van der Waals surface area contributed by atoms with Gasteiger partial charge in [0.1, 0.15) is 5.75 Å². The molecule has 16 heavy (non-hydrogen) atoms. The summed E-state index contributed by atoms with van der Waals surface area (Å²) >= 11 is 3.41. The molecule has 3 nitrogen and oxygen atoms in total. The van der Waals surface area contributed by atoms with Gasteiger partial charge >= 0.3 is 5.97 Å². The zero-order chi connectivity index (χ0) is 12.1. The molecule has 0 heterocycles. The van der Waals surface area contributed by atoms with Crippen LogP contribution in [0.3, 0.4) is 0 Å². The molecule has 1 aromatic carbocycles. The van der Waals surface area contributed by atoms with E-state index in [-0.39, 0.29) is 12.5 Å². The molecule has 0 radical (unpaired) electrons. The van der Waals surface area contributed by atoms with Gasteiger partial charge in [-0.25, -0.2) is 0 Å². The van der Waals surface area contributed by atoms with E-state index in [2.05, 4.69) is 15.9 Å². The first kappa shape index (κ1) is 13.0. The zero-order valence-corrected chi connectivity index (χ0v) is 11.0. The summed E-state index contributed by atoms with van der Waals surface area (Å²) in [6.07, 6.45) is 0.537. The summed E-state index contributed by atoms with van der Waals surface area (Å²) in [7, 11) is 0. The number of carboxylic acids is 1. The van der Waals surface area contributed by atoms with Gasteiger partial charge in [0.15, 0.2) is 0 Å². The highest BCUT2D eigenvalue weighted by atomic mass is 79.9. The van der Waals surface area contributed by atoms with Crippen molar-refractivity contribution < 1.29 is 14.6 Å². The first-order valence-corrected chi connectivity index (χ1v) is 5.93.